The summed E-state index contributed by atoms with van der Waals surface area (Å²) in [6.07, 6.45) is 3.89. The van der Waals surface area contributed by atoms with Gasteiger partial charge in [-0.05, 0) is 24.6 Å². The van der Waals surface area contributed by atoms with E-state index in [1.807, 2.05) is 0 Å². The first-order valence-electron chi connectivity index (χ1n) is 8.59. The van der Waals surface area contributed by atoms with Crippen LogP contribution in [-0.2, 0) is 4.74 Å². The number of imidazole rings is 1. The Morgan fingerprint density at radius 2 is 2.30 bits per heavy atom. The number of amides is 2. The summed E-state index contributed by atoms with van der Waals surface area (Å²) in [5.41, 5.74) is 6.38. The lowest BCUT2D eigenvalue weighted by molar-refractivity contribution is 0.0760. The molecule has 0 bridgehead atoms. The van der Waals surface area contributed by atoms with Gasteiger partial charge in [0.2, 0.25) is 0 Å². The SMILES string of the molecule is CN(CC1CCOC1)C(=O)c1cc(-c2ccco2)n2cnc(C(N)=O)c2n1. The first-order valence-corrected chi connectivity index (χ1v) is 8.59. The van der Waals surface area contributed by atoms with Gasteiger partial charge in [0, 0.05) is 26.1 Å². The predicted octanol–water partition coefficient (Wildman–Crippen LogP) is 1.20. The van der Waals surface area contributed by atoms with E-state index in [0.717, 1.165) is 13.0 Å². The summed E-state index contributed by atoms with van der Waals surface area (Å²) in [5.74, 6) is -0.134. The third-order valence-electron chi connectivity index (χ3n) is 4.63. The van der Waals surface area contributed by atoms with Crippen molar-refractivity contribution in [2.24, 2.45) is 11.7 Å². The van der Waals surface area contributed by atoms with Crippen LogP contribution in [0.4, 0.5) is 0 Å². The van der Waals surface area contributed by atoms with E-state index in [4.69, 9.17) is 14.9 Å². The van der Waals surface area contributed by atoms with Gasteiger partial charge in [0.1, 0.15) is 12.0 Å². The second-order valence-corrected chi connectivity index (χ2v) is 6.57. The summed E-state index contributed by atoms with van der Waals surface area (Å²) in [6.45, 7) is 1.94. The molecule has 0 aliphatic carbocycles. The number of hydrogen-bond donors (Lipinski definition) is 1. The Morgan fingerprint density at radius 3 is 2.96 bits per heavy atom. The number of furan rings is 1. The van der Waals surface area contributed by atoms with Crippen LogP contribution >= 0.6 is 0 Å². The first kappa shape index (κ1) is 17.2. The third-order valence-corrected chi connectivity index (χ3v) is 4.63. The summed E-state index contributed by atoms with van der Waals surface area (Å²) in [7, 11) is 1.73. The molecule has 0 radical (unpaired) electrons. The van der Waals surface area contributed by atoms with Crippen molar-refractivity contribution in [2.75, 3.05) is 26.8 Å². The molecule has 27 heavy (non-hydrogen) atoms. The highest BCUT2D eigenvalue weighted by Gasteiger charge is 2.24. The van der Waals surface area contributed by atoms with Gasteiger partial charge in [-0.1, -0.05) is 0 Å². The number of fused-ring (bicyclic) bond motifs is 1. The Morgan fingerprint density at radius 1 is 1.44 bits per heavy atom. The van der Waals surface area contributed by atoms with E-state index >= 15 is 0 Å². The van der Waals surface area contributed by atoms with Crippen LogP contribution in [0.25, 0.3) is 17.1 Å². The minimum Gasteiger partial charge on any atom is -0.463 e. The van der Waals surface area contributed by atoms with Gasteiger partial charge in [0.05, 0.1) is 18.6 Å². The molecule has 1 unspecified atom stereocenters. The smallest absolute Gasteiger partial charge is 0.272 e. The van der Waals surface area contributed by atoms with Crippen molar-refractivity contribution in [3.05, 3.63) is 42.2 Å². The summed E-state index contributed by atoms with van der Waals surface area (Å²) in [4.78, 5) is 34.6. The van der Waals surface area contributed by atoms with Crippen LogP contribution in [0.2, 0.25) is 0 Å². The molecule has 2 amide bonds. The minimum atomic E-state index is -0.712. The van der Waals surface area contributed by atoms with Gasteiger partial charge in [0.15, 0.2) is 17.1 Å². The quantitative estimate of drug-likeness (QED) is 0.722. The van der Waals surface area contributed by atoms with E-state index < -0.39 is 5.91 Å². The van der Waals surface area contributed by atoms with E-state index in [1.54, 1.807) is 34.5 Å². The number of aromatic nitrogens is 3. The largest absolute Gasteiger partial charge is 0.463 e. The lowest BCUT2D eigenvalue weighted by atomic mass is 10.1. The van der Waals surface area contributed by atoms with Crippen molar-refractivity contribution < 1.29 is 18.7 Å². The standard InChI is InChI=1S/C18H19N5O4/c1-22(8-11-4-6-26-9-11)18(25)12-7-13(14-3-2-5-27-14)23-10-20-15(16(19)24)17(23)21-12/h2-3,5,7,10-11H,4,6,8-9H2,1H3,(H2,19,24). The lowest BCUT2D eigenvalue weighted by Crippen LogP contribution is -2.32. The van der Waals surface area contributed by atoms with Crippen molar-refractivity contribution in [3.8, 4) is 11.5 Å². The lowest BCUT2D eigenvalue weighted by Gasteiger charge is -2.20. The Bertz CT molecular complexity index is 989. The van der Waals surface area contributed by atoms with Crippen molar-refractivity contribution in [3.63, 3.8) is 0 Å². The number of nitrogens with zero attached hydrogens (tertiary/aromatic N) is 4. The molecule has 3 aromatic rings. The molecule has 140 valence electrons. The number of ether oxygens (including phenoxy) is 1. The average Bonchev–Trinajstić information content (AvgIpc) is 3.40. The first-order chi connectivity index (χ1) is 13.0. The molecule has 9 heteroatoms. The summed E-state index contributed by atoms with van der Waals surface area (Å²) >= 11 is 0. The van der Waals surface area contributed by atoms with Gasteiger partial charge in [-0.3, -0.25) is 14.0 Å². The van der Waals surface area contributed by atoms with Crippen LogP contribution in [0, 0.1) is 5.92 Å². The molecule has 3 aromatic heterocycles. The second-order valence-electron chi connectivity index (χ2n) is 6.57. The van der Waals surface area contributed by atoms with E-state index in [-0.39, 0.29) is 22.9 Å². The molecule has 0 spiro atoms. The van der Waals surface area contributed by atoms with Gasteiger partial charge < -0.3 is 19.8 Å². The van der Waals surface area contributed by atoms with Crippen LogP contribution in [0.15, 0.2) is 35.2 Å². The molecule has 0 aromatic carbocycles. The fourth-order valence-electron chi connectivity index (χ4n) is 3.26. The van der Waals surface area contributed by atoms with Gasteiger partial charge in [0.25, 0.3) is 11.8 Å². The molecule has 0 saturated carbocycles. The molecule has 1 atom stereocenters. The summed E-state index contributed by atoms with van der Waals surface area (Å²) in [6, 6.07) is 5.12. The average molecular weight is 369 g/mol. The van der Waals surface area contributed by atoms with E-state index in [0.29, 0.717) is 30.5 Å². The van der Waals surface area contributed by atoms with E-state index in [2.05, 4.69) is 9.97 Å². The maximum atomic E-state index is 12.9. The van der Waals surface area contributed by atoms with Crippen LogP contribution < -0.4 is 5.73 Å². The number of rotatable bonds is 5. The van der Waals surface area contributed by atoms with Crippen LogP contribution in [0.5, 0.6) is 0 Å². The molecule has 4 heterocycles. The minimum absolute atomic E-state index is 0.00398. The summed E-state index contributed by atoms with van der Waals surface area (Å²) < 4.78 is 12.4. The zero-order valence-electron chi connectivity index (χ0n) is 14.8. The summed E-state index contributed by atoms with van der Waals surface area (Å²) in [5, 5.41) is 0. The van der Waals surface area contributed by atoms with Crippen molar-refractivity contribution in [1.29, 1.82) is 0 Å². The number of primary amides is 1. The number of carbonyl (C=O) groups excluding carboxylic acids is 2. The number of carbonyl (C=O) groups is 2. The highest BCUT2D eigenvalue weighted by atomic mass is 16.5. The third kappa shape index (κ3) is 3.17. The van der Waals surface area contributed by atoms with E-state index in [1.165, 1.54) is 12.6 Å². The van der Waals surface area contributed by atoms with Crippen LogP contribution in [0.3, 0.4) is 0 Å². The number of nitrogens with two attached hydrogens (primary N) is 1. The van der Waals surface area contributed by atoms with Gasteiger partial charge in [-0.2, -0.15) is 0 Å². The molecule has 1 aliphatic heterocycles. The fourth-order valence-corrected chi connectivity index (χ4v) is 3.26. The van der Waals surface area contributed by atoms with Crippen LogP contribution in [0.1, 0.15) is 27.4 Å². The topological polar surface area (TPSA) is 116 Å². The highest BCUT2D eigenvalue weighted by molar-refractivity contribution is 5.99. The maximum Gasteiger partial charge on any atom is 0.272 e. The molecule has 1 fully saturated rings. The molecule has 9 nitrogen and oxygen atoms in total. The van der Waals surface area contributed by atoms with E-state index in [9.17, 15) is 9.59 Å². The molecule has 1 aliphatic rings. The molecule has 2 N–H and O–H groups in total. The second kappa shape index (κ2) is 6.84. The molecule has 4 rings (SSSR count). The molecular weight excluding hydrogens is 350 g/mol. The van der Waals surface area contributed by atoms with Crippen molar-refractivity contribution >= 4 is 17.5 Å². The maximum absolute atomic E-state index is 12.9. The van der Waals surface area contributed by atoms with Gasteiger partial charge >= 0.3 is 0 Å². The zero-order chi connectivity index (χ0) is 19.0. The predicted molar refractivity (Wildman–Crippen MR) is 95.1 cm³/mol. The van der Waals surface area contributed by atoms with Crippen LogP contribution in [-0.4, -0.2) is 57.9 Å². The molecular formula is C18H19N5O4. The van der Waals surface area contributed by atoms with Gasteiger partial charge in [-0.25, -0.2) is 9.97 Å². The Labute approximate surface area is 154 Å². The molecule has 1 saturated heterocycles. The van der Waals surface area contributed by atoms with Gasteiger partial charge in [-0.15, -0.1) is 0 Å². The monoisotopic (exact) mass is 369 g/mol. The zero-order valence-corrected chi connectivity index (χ0v) is 14.8. The normalized spacial score (nSPS) is 16.7. The Kier molecular flexibility index (Phi) is 4.36. The Hall–Kier alpha value is -3.20. The van der Waals surface area contributed by atoms with Crippen molar-refractivity contribution in [1.82, 2.24) is 19.3 Å². The fraction of sp³-hybridized carbons (Fsp3) is 0.333. The Balaban J connectivity index is 1.76. The van der Waals surface area contributed by atoms with Crippen molar-refractivity contribution in [2.45, 2.75) is 6.42 Å². The highest BCUT2D eigenvalue weighted by Crippen LogP contribution is 2.24. The number of hydrogen-bond acceptors (Lipinski definition) is 6.